The van der Waals surface area contributed by atoms with Gasteiger partial charge in [-0.25, -0.2) is 0 Å². The van der Waals surface area contributed by atoms with Crippen molar-refractivity contribution in [1.82, 2.24) is 9.78 Å². The molecule has 2 rings (SSSR count). The lowest BCUT2D eigenvalue weighted by Gasteiger charge is -2.04. The second-order valence-corrected chi connectivity index (χ2v) is 4.45. The maximum atomic E-state index is 12.2. The first kappa shape index (κ1) is 12.4. The van der Waals surface area contributed by atoms with E-state index in [1.807, 2.05) is 27.8 Å². The molecule has 0 saturated carbocycles. The van der Waals surface area contributed by atoms with Gasteiger partial charge in [-0.15, -0.1) is 0 Å². The van der Waals surface area contributed by atoms with Crippen molar-refractivity contribution in [3.63, 3.8) is 0 Å². The van der Waals surface area contributed by atoms with E-state index < -0.39 is 0 Å². The monoisotopic (exact) mass is 247 g/mol. The van der Waals surface area contributed by atoms with Crippen LogP contribution in [-0.4, -0.2) is 15.7 Å². The highest BCUT2D eigenvalue weighted by Gasteiger charge is 2.17. The Morgan fingerprint density at radius 3 is 2.44 bits per heavy atom. The quantitative estimate of drug-likeness (QED) is 0.887. The molecule has 0 radical (unpaired) electrons. The zero-order chi connectivity index (χ0) is 13.4. The molecule has 0 spiro atoms. The van der Waals surface area contributed by atoms with E-state index in [4.69, 9.17) is 4.42 Å². The molecule has 18 heavy (non-hydrogen) atoms. The zero-order valence-electron chi connectivity index (χ0n) is 11.3. The van der Waals surface area contributed by atoms with Crippen molar-refractivity contribution in [3.8, 4) is 0 Å². The predicted molar refractivity (Wildman–Crippen MR) is 68.8 cm³/mol. The molecular formula is C13H17N3O2. The summed E-state index contributed by atoms with van der Waals surface area (Å²) in [5, 5.41) is 7.15. The highest BCUT2D eigenvalue weighted by atomic mass is 16.3. The summed E-state index contributed by atoms with van der Waals surface area (Å²) in [5.41, 5.74) is 3.07. The molecule has 2 aromatic heterocycles. The molecule has 0 unspecified atom stereocenters. The first-order valence-electron chi connectivity index (χ1n) is 5.78. The van der Waals surface area contributed by atoms with Crippen LogP contribution in [-0.2, 0) is 7.05 Å². The molecule has 5 heteroatoms. The molecule has 0 aliphatic carbocycles. The summed E-state index contributed by atoms with van der Waals surface area (Å²) in [6, 6.07) is 1.74. The second kappa shape index (κ2) is 4.33. The van der Waals surface area contributed by atoms with Gasteiger partial charge < -0.3 is 9.73 Å². The van der Waals surface area contributed by atoms with Crippen molar-refractivity contribution in [1.29, 1.82) is 0 Å². The number of carbonyl (C=O) groups excluding carboxylic acids is 1. The molecule has 0 saturated heterocycles. The molecule has 0 aliphatic rings. The van der Waals surface area contributed by atoms with E-state index in [1.54, 1.807) is 17.7 Å². The third-order valence-electron chi connectivity index (χ3n) is 3.03. The summed E-state index contributed by atoms with van der Waals surface area (Å²) in [6.45, 7) is 7.40. The van der Waals surface area contributed by atoms with Gasteiger partial charge in [0.15, 0.2) is 0 Å². The Labute approximate surface area is 106 Å². The summed E-state index contributed by atoms with van der Waals surface area (Å²) in [7, 11) is 1.85. The van der Waals surface area contributed by atoms with Crippen LogP contribution in [0.25, 0.3) is 0 Å². The molecule has 1 N–H and O–H groups in total. The second-order valence-electron chi connectivity index (χ2n) is 4.45. The van der Waals surface area contributed by atoms with Gasteiger partial charge >= 0.3 is 0 Å². The number of rotatable bonds is 2. The van der Waals surface area contributed by atoms with Crippen LogP contribution in [0, 0.1) is 27.7 Å². The highest BCUT2D eigenvalue weighted by molar-refractivity contribution is 6.05. The lowest BCUT2D eigenvalue weighted by Crippen LogP contribution is -2.13. The summed E-state index contributed by atoms with van der Waals surface area (Å²) >= 11 is 0. The maximum Gasteiger partial charge on any atom is 0.259 e. The third-order valence-corrected chi connectivity index (χ3v) is 3.03. The molecule has 0 atom stereocenters. The number of nitrogens with one attached hydrogen (secondary N) is 1. The molecule has 1 amide bonds. The Morgan fingerprint density at radius 2 is 2.00 bits per heavy atom. The van der Waals surface area contributed by atoms with Crippen molar-refractivity contribution in [2.45, 2.75) is 27.7 Å². The fourth-order valence-corrected chi connectivity index (χ4v) is 1.99. The van der Waals surface area contributed by atoms with Crippen molar-refractivity contribution < 1.29 is 9.21 Å². The smallest absolute Gasteiger partial charge is 0.259 e. The fraction of sp³-hybridized carbons (Fsp3) is 0.385. The maximum absolute atomic E-state index is 12.2. The van der Waals surface area contributed by atoms with Gasteiger partial charge in [0.2, 0.25) is 0 Å². The molecule has 2 aromatic rings. The Hall–Kier alpha value is -2.04. The molecule has 5 nitrogen and oxygen atoms in total. The van der Waals surface area contributed by atoms with Gasteiger partial charge in [0.05, 0.1) is 22.6 Å². The molecule has 0 aliphatic heterocycles. The van der Waals surface area contributed by atoms with E-state index in [9.17, 15) is 4.79 Å². The van der Waals surface area contributed by atoms with Crippen LogP contribution in [0.15, 0.2) is 10.5 Å². The fourth-order valence-electron chi connectivity index (χ4n) is 1.99. The highest BCUT2D eigenvalue weighted by Crippen LogP contribution is 2.21. The Morgan fingerprint density at radius 1 is 1.33 bits per heavy atom. The number of hydrogen-bond acceptors (Lipinski definition) is 3. The van der Waals surface area contributed by atoms with Gasteiger partial charge in [-0.1, -0.05) is 0 Å². The van der Waals surface area contributed by atoms with Crippen molar-refractivity contribution in [3.05, 3.63) is 34.5 Å². The van der Waals surface area contributed by atoms with E-state index in [0.717, 1.165) is 22.8 Å². The molecule has 0 bridgehead atoms. The van der Waals surface area contributed by atoms with E-state index in [-0.39, 0.29) is 5.91 Å². The minimum absolute atomic E-state index is 0.163. The van der Waals surface area contributed by atoms with E-state index >= 15 is 0 Å². The number of hydrogen-bond donors (Lipinski definition) is 1. The lowest BCUT2D eigenvalue weighted by atomic mass is 10.2. The number of nitrogens with zero attached hydrogens (tertiary/aromatic N) is 2. The van der Waals surface area contributed by atoms with Gasteiger partial charge in [0.1, 0.15) is 11.5 Å². The van der Waals surface area contributed by atoms with Crippen molar-refractivity contribution in [2.24, 2.45) is 7.05 Å². The number of furan rings is 1. The summed E-state index contributed by atoms with van der Waals surface area (Å²) in [4.78, 5) is 12.2. The summed E-state index contributed by atoms with van der Waals surface area (Å²) < 4.78 is 7.11. The number of anilines is 1. The van der Waals surface area contributed by atoms with Gasteiger partial charge in [-0.2, -0.15) is 5.10 Å². The van der Waals surface area contributed by atoms with Gasteiger partial charge in [-0.05, 0) is 33.8 Å². The van der Waals surface area contributed by atoms with E-state index in [2.05, 4.69) is 10.4 Å². The van der Waals surface area contributed by atoms with Crippen LogP contribution in [0.3, 0.4) is 0 Å². The zero-order valence-corrected chi connectivity index (χ0v) is 11.3. The Bertz CT molecular complexity index is 608. The van der Waals surface area contributed by atoms with Gasteiger partial charge in [0, 0.05) is 7.05 Å². The number of carbonyl (C=O) groups is 1. The van der Waals surface area contributed by atoms with E-state index in [0.29, 0.717) is 11.3 Å². The average Bonchev–Trinajstić information content (AvgIpc) is 2.73. The number of amides is 1. The van der Waals surface area contributed by atoms with Gasteiger partial charge in [0.25, 0.3) is 5.91 Å². The Balaban J connectivity index is 2.29. The van der Waals surface area contributed by atoms with Crippen LogP contribution >= 0.6 is 0 Å². The molecule has 2 heterocycles. The average molecular weight is 247 g/mol. The lowest BCUT2D eigenvalue weighted by molar-refractivity contribution is 0.102. The van der Waals surface area contributed by atoms with Gasteiger partial charge in [-0.3, -0.25) is 9.48 Å². The van der Waals surface area contributed by atoms with Crippen LogP contribution in [0.5, 0.6) is 0 Å². The summed E-state index contributed by atoms with van der Waals surface area (Å²) in [5.74, 6) is 1.20. The standard InChI is InChI=1S/C13H17N3O2/c1-7-6-11(10(4)18-7)13(17)14-12-8(2)15-16(5)9(12)3/h6H,1-5H3,(H,14,17). The SMILES string of the molecule is Cc1cc(C(=O)Nc2c(C)nn(C)c2C)c(C)o1. The van der Waals surface area contributed by atoms with Crippen LogP contribution in [0.4, 0.5) is 5.69 Å². The van der Waals surface area contributed by atoms with Crippen molar-refractivity contribution >= 4 is 11.6 Å². The van der Waals surface area contributed by atoms with Crippen LogP contribution < -0.4 is 5.32 Å². The largest absolute Gasteiger partial charge is 0.466 e. The van der Waals surface area contributed by atoms with E-state index in [1.165, 1.54) is 0 Å². The molecule has 0 aromatic carbocycles. The number of aromatic nitrogens is 2. The molecule has 0 fully saturated rings. The normalized spacial score (nSPS) is 10.7. The first-order valence-corrected chi connectivity index (χ1v) is 5.78. The van der Waals surface area contributed by atoms with Crippen LogP contribution in [0.2, 0.25) is 0 Å². The van der Waals surface area contributed by atoms with Crippen LogP contribution in [0.1, 0.15) is 33.3 Å². The minimum atomic E-state index is -0.163. The Kier molecular flexibility index (Phi) is 2.98. The molecular weight excluding hydrogens is 230 g/mol. The van der Waals surface area contributed by atoms with Crippen molar-refractivity contribution in [2.75, 3.05) is 5.32 Å². The number of aryl methyl sites for hydroxylation is 4. The predicted octanol–water partition coefficient (Wildman–Crippen LogP) is 2.50. The minimum Gasteiger partial charge on any atom is -0.466 e. The summed E-state index contributed by atoms with van der Waals surface area (Å²) in [6.07, 6.45) is 0. The topological polar surface area (TPSA) is 60.1 Å². The third kappa shape index (κ3) is 2.03. The molecule has 96 valence electrons. The first-order chi connectivity index (χ1) is 8.40.